The molecule has 0 radical (unpaired) electrons. The summed E-state index contributed by atoms with van der Waals surface area (Å²) in [5.41, 5.74) is 7.62. The van der Waals surface area contributed by atoms with Gasteiger partial charge in [0.25, 0.3) is 15.9 Å². The molecule has 0 aliphatic heterocycles. The highest BCUT2D eigenvalue weighted by Crippen LogP contribution is 2.26. The van der Waals surface area contributed by atoms with Crippen LogP contribution in [0.2, 0.25) is 0 Å². The van der Waals surface area contributed by atoms with E-state index in [0.717, 1.165) is 26.6 Å². The number of anilines is 2. The molecule has 0 aliphatic carbocycles. The van der Waals surface area contributed by atoms with E-state index < -0.39 is 22.5 Å². The average Bonchev–Trinajstić information content (AvgIpc) is 2.83. The maximum atomic E-state index is 13.5. The van der Waals surface area contributed by atoms with Crippen LogP contribution in [0.5, 0.6) is 0 Å². The van der Waals surface area contributed by atoms with Crippen molar-refractivity contribution in [2.24, 2.45) is 5.10 Å². The molecule has 0 saturated carbocycles. The van der Waals surface area contributed by atoms with Gasteiger partial charge < -0.3 is 5.32 Å². The number of carbonyl (C=O) groups excluding carboxylic acids is 2. The van der Waals surface area contributed by atoms with Crippen LogP contribution in [0.25, 0.3) is 0 Å². The van der Waals surface area contributed by atoms with Gasteiger partial charge >= 0.3 is 0 Å². The second-order valence-corrected chi connectivity index (χ2v) is 10.4. The number of hydrazone groups is 1. The van der Waals surface area contributed by atoms with Gasteiger partial charge in [0.2, 0.25) is 5.91 Å². The van der Waals surface area contributed by atoms with Gasteiger partial charge in [-0.3, -0.25) is 13.9 Å². The van der Waals surface area contributed by atoms with E-state index in [9.17, 15) is 18.0 Å². The first-order valence-electron chi connectivity index (χ1n) is 11.3. The van der Waals surface area contributed by atoms with Crippen molar-refractivity contribution in [2.75, 3.05) is 16.2 Å². The van der Waals surface area contributed by atoms with Crippen molar-refractivity contribution in [3.8, 4) is 0 Å². The summed E-state index contributed by atoms with van der Waals surface area (Å²) in [4.78, 5) is 24.1. The fourth-order valence-electron chi connectivity index (χ4n) is 3.41. The highest BCUT2D eigenvalue weighted by molar-refractivity contribution is 7.92. The Hall–Kier alpha value is -3.98. The van der Waals surface area contributed by atoms with Crippen LogP contribution in [0, 0.1) is 20.8 Å². The summed E-state index contributed by atoms with van der Waals surface area (Å²) < 4.78 is 28.1. The minimum Gasteiger partial charge on any atom is -0.326 e. The second-order valence-electron chi connectivity index (χ2n) is 8.58. The normalized spacial score (nSPS) is 11.6. The lowest BCUT2D eigenvalue weighted by Gasteiger charge is -2.24. The van der Waals surface area contributed by atoms with Crippen LogP contribution in [0.4, 0.5) is 11.4 Å². The summed E-state index contributed by atoms with van der Waals surface area (Å²) in [6.45, 7) is 8.40. The maximum absolute atomic E-state index is 13.5. The summed E-state index contributed by atoms with van der Waals surface area (Å²) >= 11 is 0. The molecule has 0 saturated heterocycles. The van der Waals surface area contributed by atoms with Crippen molar-refractivity contribution >= 4 is 38.9 Å². The average molecular weight is 507 g/mol. The Bertz CT molecular complexity index is 1400. The standard InChI is InChI=1S/C27H30N4O4S/c1-18-6-14-26(15-7-18)36(34,35)31(25-13-8-19(2)20(3)16-25)17-27(33)30-29-21(4)23-9-11-24(12-10-23)28-22(5)32/h6-16H,17H2,1-5H3,(H,28,32)(H,30,33)/b29-21-. The molecule has 0 bridgehead atoms. The molecule has 3 aromatic rings. The highest BCUT2D eigenvalue weighted by atomic mass is 32.2. The summed E-state index contributed by atoms with van der Waals surface area (Å²) in [6.07, 6.45) is 0. The minimum atomic E-state index is -4.01. The van der Waals surface area contributed by atoms with Crippen molar-refractivity contribution in [1.82, 2.24) is 5.43 Å². The number of amides is 2. The number of hydrogen-bond donors (Lipinski definition) is 2. The van der Waals surface area contributed by atoms with Crippen molar-refractivity contribution < 1.29 is 18.0 Å². The van der Waals surface area contributed by atoms with Gasteiger partial charge in [-0.1, -0.05) is 35.9 Å². The molecule has 9 heteroatoms. The molecule has 3 rings (SSSR count). The fourth-order valence-corrected chi connectivity index (χ4v) is 4.82. The van der Waals surface area contributed by atoms with Crippen LogP contribution in [-0.2, 0) is 19.6 Å². The van der Waals surface area contributed by atoms with E-state index in [1.54, 1.807) is 55.5 Å². The summed E-state index contributed by atoms with van der Waals surface area (Å²) in [6, 6.07) is 18.7. The number of carbonyl (C=O) groups is 2. The molecule has 2 N–H and O–H groups in total. The third-order valence-corrected chi connectivity index (χ3v) is 7.43. The lowest BCUT2D eigenvalue weighted by Crippen LogP contribution is -2.39. The Morgan fingerprint density at radius 3 is 2.08 bits per heavy atom. The number of benzene rings is 3. The van der Waals surface area contributed by atoms with Crippen molar-refractivity contribution in [2.45, 2.75) is 39.5 Å². The van der Waals surface area contributed by atoms with Gasteiger partial charge in [0.05, 0.1) is 16.3 Å². The Morgan fingerprint density at radius 2 is 1.50 bits per heavy atom. The van der Waals surface area contributed by atoms with Crippen molar-refractivity contribution in [1.29, 1.82) is 0 Å². The molecule has 188 valence electrons. The number of sulfonamides is 1. The van der Waals surface area contributed by atoms with Gasteiger partial charge in [0, 0.05) is 12.6 Å². The molecule has 0 aromatic heterocycles. The minimum absolute atomic E-state index is 0.0954. The first kappa shape index (κ1) is 26.6. The third kappa shape index (κ3) is 6.57. The SMILES string of the molecule is CC(=O)Nc1ccc(/C(C)=N\NC(=O)CN(c2ccc(C)c(C)c2)S(=O)(=O)c2ccc(C)cc2)cc1. The zero-order valence-electron chi connectivity index (χ0n) is 21.0. The van der Waals surface area contributed by atoms with Gasteiger partial charge in [0.15, 0.2) is 0 Å². The van der Waals surface area contributed by atoms with Gasteiger partial charge in [-0.15, -0.1) is 0 Å². The first-order valence-corrected chi connectivity index (χ1v) is 12.8. The first-order chi connectivity index (χ1) is 17.0. The Morgan fingerprint density at radius 1 is 0.861 bits per heavy atom. The number of aryl methyl sites for hydroxylation is 3. The van der Waals surface area contributed by atoms with Gasteiger partial charge in [-0.25, -0.2) is 13.8 Å². The van der Waals surface area contributed by atoms with Crippen molar-refractivity contribution in [3.63, 3.8) is 0 Å². The van der Waals surface area contributed by atoms with E-state index in [-0.39, 0.29) is 10.8 Å². The molecule has 0 unspecified atom stereocenters. The van der Waals surface area contributed by atoms with Crippen molar-refractivity contribution in [3.05, 3.63) is 89.0 Å². The second kappa shape index (κ2) is 11.2. The predicted octanol–water partition coefficient (Wildman–Crippen LogP) is 4.31. The molecular weight excluding hydrogens is 476 g/mol. The molecule has 2 amide bonds. The smallest absolute Gasteiger partial charge is 0.264 e. The number of nitrogens with zero attached hydrogens (tertiary/aromatic N) is 2. The van der Waals surface area contributed by atoms with Crippen LogP contribution in [0.1, 0.15) is 36.1 Å². The van der Waals surface area contributed by atoms with Crippen LogP contribution in [0.15, 0.2) is 76.7 Å². The Kier molecular flexibility index (Phi) is 8.26. The molecule has 0 fully saturated rings. The monoisotopic (exact) mass is 506 g/mol. The Balaban J connectivity index is 1.84. The van der Waals surface area contributed by atoms with E-state index in [4.69, 9.17) is 0 Å². The molecule has 36 heavy (non-hydrogen) atoms. The van der Waals surface area contributed by atoms with Crippen LogP contribution in [0.3, 0.4) is 0 Å². The van der Waals surface area contributed by atoms with E-state index in [0.29, 0.717) is 17.1 Å². The number of rotatable bonds is 8. The highest BCUT2D eigenvalue weighted by Gasteiger charge is 2.27. The zero-order valence-corrected chi connectivity index (χ0v) is 21.8. The van der Waals surface area contributed by atoms with Crippen LogP contribution >= 0.6 is 0 Å². The molecule has 0 heterocycles. The molecule has 0 atom stereocenters. The number of hydrogen-bond acceptors (Lipinski definition) is 5. The van der Waals surface area contributed by atoms with E-state index in [1.165, 1.54) is 19.1 Å². The molecule has 0 spiro atoms. The number of nitrogens with one attached hydrogen (secondary N) is 2. The third-order valence-electron chi connectivity index (χ3n) is 5.65. The molecule has 3 aromatic carbocycles. The van der Waals surface area contributed by atoms with E-state index in [1.807, 2.05) is 26.8 Å². The lowest BCUT2D eigenvalue weighted by molar-refractivity contribution is -0.119. The summed E-state index contributed by atoms with van der Waals surface area (Å²) in [5, 5.41) is 6.82. The topological polar surface area (TPSA) is 108 Å². The van der Waals surface area contributed by atoms with Gasteiger partial charge in [0.1, 0.15) is 6.54 Å². The summed E-state index contributed by atoms with van der Waals surface area (Å²) in [5.74, 6) is -0.757. The largest absolute Gasteiger partial charge is 0.326 e. The fraction of sp³-hybridized carbons (Fsp3) is 0.222. The van der Waals surface area contributed by atoms with Crippen LogP contribution in [-0.4, -0.2) is 32.5 Å². The van der Waals surface area contributed by atoms with E-state index >= 15 is 0 Å². The predicted molar refractivity (Wildman–Crippen MR) is 143 cm³/mol. The molecule has 8 nitrogen and oxygen atoms in total. The quantitative estimate of drug-likeness (QED) is 0.351. The zero-order chi connectivity index (χ0) is 26.5. The maximum Gasteiger partial charge on any atom is 0.264 e. The lowest BCUT2D eigenvalue weighted by atomic mass is 10.1. The molecular formula is C27H30N4O4S. The van der Waals surface area contributed by atoms with Gasteiger partial charge in [-0.2, -0.15) is 5.10 Å². The van der Waals surface area contributed by atoms with E-state index in [2.05, 4.69) is 15.8 Å². The summed E-state index contributed by atoms with van der Waals surface area (Å²) in [7, 11) is -4.01. The van der Waals surface area contributed by atoms with Gasteiger partial charge in [-0.05, 0) is 80.8 Å². The molecule has 0 aliphatic rings. The van der Waals surface area contributed by atoms with Crippen LogP contribution < -0.4 is 15.0 Å². The Labute approximate surface area is 212 Å².